The number of aryl methyl sites for hydroxylation is 2. The second kappa shape index (κ2) is 6.01. The Labute approximate surface area is 147 Å². The summed E-state index contributed by atoms with van der Waals surface area (Å²) >= 11 is 12.4. The van der Waals surface area contributed by atoms with Crippen molar-refractivity contribution in [3.8, 4) is 0 Å². The third-order valence-electron chi connectivity index (χ3n) is 4.17. The van der Waals surface area contributed by atoms with Gasteiger partial charge in [-0.1, -0.05) is 29.3 Å². The fraction of sp³-hybridized carbons (Fsp3) is 0.222. The van der Waals surface area contributed by atoms with Crippen LogP contribution in [-0.2, 0) is 19.6 Å². The molecule has 0 aliphatic carbocycles. The number of rotatable bonds is 2. The van der Waals surface area contributed by atoms with E-state index in [-0.39, 0.29) is 0 Å². The molecule has 0 amide bonds. The fourth-order valence-electron chi connectivity index (χ4n) is 3.01. The summed E-state index contributed by atoms with van der Waals surface area (Å²) in [6.07, 6.45) is -3.91. The lowest BCUT2D eigenvalue weighted by atomic mass is 10.1. The smallest absolute Gasteiger partial charge is 0.347 e. The van der Waals surface area contributed by atoms with Gasteiger partial charge in [0.2, 0.25) is 0 Å². The van der Waals surface area contributed by atoms with Crippen LogP contribution in [0.2, 0.25) is 10.0 Å². The van der Waals surface area contributed by atoms with E-state index in [1.54, 1.807) is 31.2 Å². The van der Waals surface area contributed by atoms with Crippen LogP contribution in [0.25, 0.3) is 10.9 Å². The number of benzene rings is 2. The molecule has 1 nitrogen and oxygen atoms in total. The van der Waals surface area contributed by atoms with Gasteiger partial charge in [0.25, 0.3) is 0 Å². The van der Waals surface area contributed by atoms with E-state index < -0.39 is 11.7 Å². The highest BCUT2D eigenvalue weighted by Crippen LogP contribution is 2.35. The standard InChI is InChI=1S/C18H14Cl2F3N/c1-10-6-12(18(21,22)23)7-11-8-13(24(2)17(10)11)9-14-15(19)4-3-5-16(14)20/h3-8H,9H2,1-2H3. The van der Waals surface area contributed by atoms with Gasteiger partial charge in [-0.15, -0.1) is 0 Å². The maximum absolute atomic E-state index is 13.0. The third kappa shape index (κ3) is 3.01. The second-order valence-corrected chi connectivity index (χ2v) is 6.61. The summed E-state index contributed by atoms with van der Waals surface area (Å²) in [5, 5.41) is 1.64. The van der Waals surface area contributed by atoms with E-state index in [4.69, 9.17) is 23.2 Å². The Morgan fingerprint density at radius 3 is 2.25 bits per heavy atom. The zero-order valence-corrected chi connectivity index (χ0v) is 14.5. The lowest BCUT2D eigenvalue weighted by molar-refractivity contribution is -0.137. The lowest BCUT2D eigenvalue weighted by Crippen LogP contribution is -2.05. The van der Waals surface area contributed by atoms with Crippen LogP contribution < -0.4 is 0 Å². The second-order valence-electron chi connectivity index (χ2n) is 5.80. The van der Waals surface area contributed by atoms with E-state index in [1.165, 1.54) is 12.1 Å². The topological polar surface area (TPSA) is 4.93 Å². The first-order chi connectivity index (χ1) is 11.2. The van der Waals surface area contributed by atoms with E-state index >= 15 is 0 Å². The largest absolute Gasteiger partial charge is 0.416 e. The van der Waals surface area contributed by atoms with Gasteiger partial charge in [-0.05, 0) is 48.4 Å². The maximum Gasteiger partial charge on any atom is 0.416 e. The third-order valence-corrected chi connectivity index (χ3v) is 4.87. The van der Waals surface area contributed by atoms with Gasteiger partial charge < -0.3 is 4.57 Å². The van der Waals surface area contributed by atoms with E-state index in [2.05, 4.69) is 0 Å². The molecule has 2 aromatic carbocycles. The summed E-state index contributed by atoms with van der Waals surface area (Å²) in [6, 6.07) is 9.37. The Morgan fingerprint density at radius 1 is 1.04 bits per heavy atom. The van der Waals surface area contributed by atoms with Gasteiger partial charge in [0.15, 0.2) is 0 Å². The molecule has 0 N–H and O–H groups in total. The highest BCUT2D eigenvalue weighted by molar-refractivity contribution is 6.36. The Hall–Kier alpha value is -1.65. The summed E-state index contributed by atoms with van der Waals surface area (Å²) in [4.78, 5) is 0. The molecule has 0 saturated heterocycles. The SMILES string of the molecule is Cc1cc(C(F)(F)F)cc2cc(Cc3c(Cl)cccc3Cl)n(C)c12. The van der Waals surface area contributed by atoms with Crippen LogP contribution in [0.3, 0.4) is 0 Å². The van der Waals surface area contributed by atoms with E-state index in [9.17, 15) is 13.2 Å². The monoisotopic (exact) mass is 371 g/mol. The highest BCUT2D eigenvalue weighted by atomic mass is 35.5. The minimum absolute atomic E-state index is 0.449. The normalized spacial score (nSPS) is 12.1. The van der Waals surface area contributed by atoms with Crippen molar-refractivity contribution < 1.29 is 13.2 Å². The Balaban J connectivity index is 2.14. The average molecular weight is 372 g/mol. The van der Waals surface area contributed by atoms with Gasteiger partial charge in [-0.3, -0.25) is 0 Å². The summed E-state index contributed by atoms with van der Waals surface area (Å²) < 4.78 is 40.9. The Bertz CT molecular complexity index is 906. The van der Waals surface area contributed by atoms with E-state index in [0.29, 0.717) is 27.4 Å². The number of nitrogens with zero attached hydrogens (tertiary/aromatic N) is 1. The molecule has 0 aliphatic rings. The van der Waals surface area contributed by atoms with Crippen molar-refractivity contribution in [2.45, 2.75) is 19.5 Å². The van der Waals surface area contributed by atoms with Crippen LogP contribution in [0.1, 0.15) is 22.4 Å². The zero-order chi connectivity index (χ0) is 17.6. The average Bonchev–Trinajstić information content (AvgIpc) is 2.79. The molecule has 0 radical (unpaired) electrons. The molecular formula is C18H14Cl2F3N. The molecule has 0 unspecified atom stereocenters. The molecule has 0 atom stereocenters. The molecule has 1 heterocycles. The first-order valence-corrected chi connectivity index (χ1v) is 8.03. The van der Waals surface area contributed by atoms with Crippen molar-refractivity contribution >= 4 is 34.1 Å². The molecule has 0 bridgehead atoms. The van der Waals surface area contributed by atoms with Crippen molar-refractivity contribution in [3.63, 3.8) is 0 Å². The van der Waals surface area contributed by atoms with Gasteiger partial charge in [0.05, 0.1) is 11.1 Å². The van der Waals surface area contributed by atoms with Crippen LogP contribution in [-0.4, -0.2) is 4.57 Å². The summed E-state index contributed by atoms with van der Waals surface area (Å²) in [6.45, 7) is 1.68. The minimum Gasteiger partial charge on any atom is -0.347 e. The molecule has 126 valence electrons. The van der Waals surface area contributed by atoms with Crippen LogP contribution in [0.4, 0.5) is 13.2 Å². The number of hydrogen-bond donors (Lipinski definition) is 0. The van der Waals surface area contributed by atoms with Crippen molar-refractivity contribution in [3.05, 3.63) is 68.8 Å². The number of hydrogen-bond acceptors (Lipinski definition) is 0. The molecule has 3 aromatic rings. The first-order valence-electron chi connectivity index (χ1n) is 7.27. The van der Waals surface area contributed by atoms with Gasteiger partial charge in [0, 0.05) is 34.6 Å². The molecule has 3 rings (SSSR count). The molecule has 0 spiro atoms. The molecule has 0 saturated carbocycles. The molecule has 0 aliphatic heterocycles. The van der Waals surface area contributed by atoms with Gasteiger partial charge in [-0.2, -0.15) is 13.2 Å². The Morgan fingerprint density at radius 2 is 1.67 bits per heavy atom. The highest BCUT2D eigenvalue weighted by Gasteiger charge is 2.31. The van der Waals surface area contributed by atoms with Crippen LogP contribution >= 0.6 is 23.2 Å². The predicted molar refractivity (Wildman–Crippen MR) is 91.9 cm³/mol. The predicted octanol–water partition coefficient (Wildman–Crippen LogP) is 6.40. The minimum atomic E-state index is -4.36. The van der Waals surface area contributed by atoms with E-state index in [0.717, 1.165) is 16.8 Å². The first kappa shape index (κ1) is 17.2. The molecule has 0 fully saturated rings. The summed E-state index contributed by atoms with van der Waals surface area (Å²) in [5.41, 5.74) is 2.34. The fourth-order valence-corrected chi connectivity index (χ4v) is 3.54. The Kier molecular flexibility index (Phi) is 4.30. The molecule has 24 heavy (non-hydrogen) atoms. The number of aromatic nitrogens is 1. The summed E-state index contributed by atoms with van der Waals surface area (Å²) in [7, 11) is 1.84. The van der Waals surface area contributed by atoms with Crippen molar-refractivity contribution in [1.82, 2.24) is 4.57 Å². The van der Waals surface area contributed by atoms with Gasteiger partial charge in [-0.25, -0.2) is 0 Å². The molecular weight excluding hydrogens is 358 g/mol. The zero-order valence-electron chi connectivity index (χ0n) is 13.0. The molecule has 1 aromatic heterocycles. The van der Waals surface area contributed by atoms with Crippen LogP contribution in [0.5, 0.6) is 0 Å². The van der Waals surface area contributed by atoms with Crippen LogP contribution in [0.15, 0.2) is 36.4 Å². The van der Waals surface area contributed by atoms with Crippen LogP contribution in [0, 0.1) is 6.92 Å². The molecule has 6 heteroatoms. The van der Waals surface area contributed by atoms with Crippen molar-refractivity contribution in [2.75, 3.05) is 0 Å². The van der Waals surface area contributed by atoms with E-state index in [1.807, 2.05) is 11.6 Å². The quantitative estimate of drug-likeness (QED) is 0.490. The number of alkyl halides is 3. The van der Waals surface area contributed by atoms with Gasteiger partial charge in [0.1, 0.15) is 0 Å². The number of fused-ring (bicyclic) bond motifs is 1. The lowest BCUT2D eigenvalue weighted by Gasteiger charge is -2.11. The van der Waals surface area contributed by atoms with Gasteiger partial charge >= 0.3 is 6.18 Å². The number of halogens is 5. The summed E-state index contributed by atoms with van der Waals surface area (Å²) in [5.74, 6) is 0. The van der Waals surface area contributed by atoms with Crippen molar-refractivity contribution in [1.29, 1.82) is 0 Å². The maximum atomic E-state index is 13.0. The van der Waals surface area contributed by atoms with Crippen molar-refractivity contribution in [2.24, 2.45) is 7.05 Å².